The number of hydrogen-bond donors (Lipinski definition) is 0. The van der Waals surface area contributed by atoms with Crippen LogP contribution in [-0.4, -0.2) is 24.7 Å². The van der Waals surface area contributed by atoms with Crippen molar-refractivity contribution >= 4 is 14.5 Å². The van der Waals surface area contributed by atoms with Crippen LogP contribution in [0, 0.1) is 5.82 Å². The quantitative estimate of drug-likeness (QED) is 0.680. The van der Waals surface area contributed by atoms with Gasteiger partial charge in [0, 0.05) is 0 Å². The minimum absolute atomic E-state index is 0.0825. The molecule has 0 atom stereocenters. The van der Waals surface area contributed by atoms with E-state index in [-0.39, 0.29) is 20.3 Å². The molecule has 2 nitrogen and oxygen atoms in total. The van der Waals surface area contributed by atoms with Gasteiger partial charge in [-0.2, -0.15) is 0 Å². The molecule has 2 aromatic carbocycles. The number of aromatic nitrogens is 2. The van der Waals surface area contributed by atoms with Crippen LogP contribution in [0.25, 0.3) is 20.3 Å². The Morgan fingerprint density at radius 1 is 0.722 bits per heavy atom. The van der Waals surface area contributed by atoms with Crippen molar-refractivity contribution in [1.29, 1.82) is 0 Å². The van der Waals surface area contributed by atoms with Gasteiger partial charge in [-0.15, -0.1) is 0 Å². The first-order valence-corrected chi connectivity index (χ1v) is 7.19. The van der Waals surface area contributed by atoms with Gasteiger partial charge in [0.15, 0.2) is 0 Å². The van der Waals surface area contributed by atoms with Crippen molar-refractivity contribution in [2.24, 2.45) is 0 Å². The van der Waals surface area contributed by atoms with E-state index in [2.05, 4.69) is 10.2 Å². The summed E-state index contributed by atoms with van der Waals surface area (Å²) >= 11 is 0.0825. The van der Waals surface area contributed by atoms with E-state index in [9.17, 15) is 4.39 Å². The summed E-state index contributed by atoms with van der Waals surface area (Å²) in [7, 11) is 0. The van der Waals surface area contributed by atoms with Gasteiger partial charge in [-0.25, -0.2) is 0 Å². The van der Waals surface area contributed by atoms with Crippen molar-refractivity contribution in [3.05, 3.63) is 60.4 Å². The van der Waals surface area contributed by atoms with E-state index in [4.69, 9.17) is 0 Å². The first-order valence-electron chi connectivity index (χ1n) is 5.48. The fraction of sp³-hybridized carbons (Fsp3) is 0. The number of rotatable bonds is 2. The van der Waals surface area contributed by atoms with E-state index < -0.39 is 0 Å². The van der Waals surface area contributed by atoms with Gasteiger partial charge < -0.3 is 0 Å². The summed E-state index contributed by atoms with van der Waals surface area (Å²) < 4.78 is 14.8. The molecule has 0 saturated heterocycles. The van der Waals surface area contributed by atoms with Crippen molar-refractivity contribution in [2.75, 3.05) is 0 Å². The summed E-state index contributed by atoms with van der Waals surface area (Å²) in [5.41, 5.74) is 2.06. The number of hydrogen-bond acceptors (Lipinski definition) is 2. The molecule has 0 aliphatic carbocycles. The molecule has 0 aliphatic rings. The first-order chi connectivity index (χ1) is 8.83. The Morgan fingerprint density at radius 3 is 1.89 bits per heavy atom. The monoisotopic (exact) mass is 304 g/mol. The molecule has 4 heteroatoms. The normalized spacial score (nSPS) is 10.5. The van der Waals surface area contributed by atoms with Crippen LogP contribution in [0.3, 0.4) is 0 Å². The van der Waals surface area contributed by atoms with Gasteiger partial charge in [0.25, 0.3) is 0 Å². The average Bonchev–Trinajstić information content (AvgIpc) is 2.90. The van der Waals surface area contributed by atoms with Gasteiger partial charge in [0.2, 0.25) is 0 Å². The molecular weight excluding hydrogens is 294 g/mol. The molecule has 1 aromatic heterocycles. The van der Waals surface area contributed by atoms with Crippen LogP contribution >= 0.6 is 0 Å². The molecule has 0 radical (unpaired) electrons. The fourth-order valence-electron chi connectivity index (χ4n) is 1.63. The molecular formula is C14H9FN2Se. The van der Waals surface area contributed by atoms with Gasteiger partial charge in [-0.1, -0.05) is 0 Å². The molecule has 0 fully saturated rings. The Balaban J connectivity index is 1.97. The maximum atomic E-state index is 12.9. The molecule has 0 N–H and O–H groups in total. The van der Waals surface area contributed by atoms with Gasteiger partial charge >= 0.3 is 110 Å². The number of benzene rings is 2. The zero-order valence-electron chi connectivity index (χ0n) is 9.38. The van der Waals surface area contributed by atoms with Crippen LogP contribution in [0.15, 0.2) is 54.6 Å². The molecule has 3 rings (SSSR count). The topological polar surface area (TPSA) is 25.8 Å². The molecule has 0 aliphatic heterocycles. The van der Waals surface area contributed by atoms with Crippen LogP contribution in [0.2, 0.25) is 0 Å². The summed E-state index contributed by atoms with van der Waals surface area (Å²) in [6, 6.07) is 16.4. The van der Waals surface area contributed by atoms with Crippen molar-refractivity contribution in [3.63, 3.8) is 0 Å². The second kappa shape index (κ2) is 4.84. The fourth-order valence-corrected chi connectivity index (χ4v) is 3.42. The Kier molecular flexibility index (Phi) is 3.05. The molecule has 0 saturated carbocycles. The van der Waals surface area contributed by atoms with Crippen LogP contribution in [0.1, 0.15) is 0 Å². The summed E-state index contributed by atoms with van der Waals surface area (Å²) in [6.07, 6.45) is 0. The molecule has 0 unspecified atom stereocenters. The van der Waals surface area contributed by atoms with E-state index in [1.807, 2.05) is 30.3 Å². The second-order valence-electron chi connectivity index (χ2n) is 3.79. The molecule has 1 heterocycles. The molecule has 0 spiro atoms. The van der Waals surface area contributed by atoms with Gasteiger partial charge in [-0.05, 0) is 0 Å². The van der Waals surface area contributed by atoms with Crippen molar-refractivity contribution in [1.82, 2.24) is 10.2 Å². The number of halogens is 1. The second-order valence-corrected chi connectivity index (χ2v) is 5.84. The van der Waals surface area contributed by atoms with Gasteiger partial charge in [0.1, 0.15) is 0 Å². The molecule has 18 heavy (non-hydrogen) atoms. The van der Waals surface area contributed by atoms with Gasteiger partial charge in [-0.3, -0.25) is 0 Å². The Hall–Kier alpha value is -1.77. The SMILES string of the molecule is Fc1ccc(-c2nnc(-c3ccccc3)[se]2)cc1. The van der Waals surface area contributed by atoms with Crippen LogP contribution in [0.4, 0.5) is 4.39 Å². The summed E-state index contributed by atoms with van der Waals surface area (Å²) in [6.45, 7) is 0. The summed E-state index contributed by atoms with van der Waals surface area (Å²) in [5, 5.41) is 8.43. The van der Waals surface area contributed by atoms with E-state index in [1.54, 1.807) is 12.1 Å². The molecule has 0 bridgehead atoms. The van der Waals surface area contributed by atoms with E-state index in [1.165, 1.54) is 12.1 Å². The molecule has 3 aromatic rings. The zero-order valence-corrected chi connectivity index (χ0v) is 11.1. The average molecular weight is 303 g/mol. The summed E-state index contributed by atoms with van der Waals surface area (Å²) in [4.78, 5) is 0. The standard InChI is InChI=1S/C14H9FN2Se/c15-12-8-6-11(7-9-12)14-17-16-13(18-14)10-4-2-1-3-5-10/h1-9H. The Bertz CT molecular complexity index is 647. The molecule has 88 valence electrons. The van der Waals surface area contributed by atoms with Crippen LogP contribution in [0.5, 0.6) is 0 Å². The third-order valence-electron chi connectivity index (χ3n) is 2.54. The number of nitrogens with zero attached hydrogens (tertiary/aromatic N) is 2. The van der Waals surface area contributed by atoms with E-state index >= 15 is 0 Å². The van der Waals surface area contributed by atoms with E-state index in [0.29, 0.717) is 0 Å². The van der Waals surface area contributed by atoms with Crippen molar-refractivity contribution < 1.29 is 4.39 Å². The Morgan fingerprint density at radius 2 is 1.28 bits per heavy atom. The van der Waals surface area contributed by atoms with Gasteiger partial charge in [0.05, 0.1) is 0 Å². The van der Waals surface area contributed by atoms with Crippen LogP contribution in [-0.2, 0) is 0 Å². The predicted octanol–water partition coefficient (Wildman–Crippen LogP) is 3.01. The third-order valence-corrected chi connectivity index (χ3v) is 4.68. The summed E-state index contributed by atoms with van der Waals surface area (Å²) in [5.74, 6) is -0.228. The van der Waals surface area contributed by atoms with Crippen LogP contribution < -0.4 is 0 Å². The zero-order chi connectivity index (χ0) is 12.4. The maximum absolute atomic E-state index is 12.9. The third kappa shape index (κ3) is 2.26. The minimum atomic E-state index is -0.228. The predicted molar refractivity (Wildman–Crippen MR) is 69.8 cm³/mol. The van der Waals surface area contributed by atoms with Crippen molar-refractivity contribution in [3.8, 4) is 20.3 Å². The first kappa shape index (κ1) is 11.3. The Labute approximate surface area is 110 Å². The van der Waals surface area contributed by atoms with Crippen molar-refractivity contribution in [2.45, 2.75) is 0 Å². The van der Waals surface area contributed by atoms with E-state index in [0.717, 1.165) is 20.3 Å². The molecule has 0 amide bonds.